The van der Waals surface area contributed by atoms with Gasteiger partial charge in [0, 0.05) is 11.6 Å². The molecule has 1 aliphatic heterocycles. The third-order valence-electron chi connectivity index (χ3n) is 3.17. The third-order valence-corrected chi connectivity index (χ3v) is 5.02. The van der Waals surface area contributed by atoms with E-state index in [-0.39, 0.29) is 23.6 Å². The molecule has 1 saturated heterocycles. The summed E-state index contributed by atoms with van der Waals surface area (Å²) in [6.45, 7) is 3.88. The largest absolute Gasteiger partial charge is 0.496 e. The van der Waals surface area contributed by atoms with Crippen LogP contribution < -0.4 is 10.1 Å². The standard InChI is InChI=1S/C13H19NO3S/c1-9-4-5-13(17-3)11(6-9)12-8-18(15,16)7-10(2)14-12/h4-6,10,12,14H,7-8H2,1-3H3. The van der Waals surface area contributed by atoms with Crippen molar-refractivity contribution in [1.82, 2.24) is 5.32 Å². The lowest BCUT2D eigenvalue weighted by molar-refractivity contribution is 0.394. The Kier molecular flexibility index (Phi) is 3.64. The van der Waals surface area contributed by atoms with Crippen LogP contribution in [-0.2, 0) is 9.84 Å². The summed E-state index contributed by atoms with van der Waals surface area (Å²) in [5.74, 6) is 1.08. The molecule has 0 spiro atoms. The highest BCUT2D eigenvalue weighted by Crippen LogP contribution is 2.29. The van der Waals surface area contributed by atoms with E-state index in [1.165, 1.54) is 0 Å². The van der Waals surface area contributed by atoms with E-state index in [9.17, 15) is 8.42 Å². The molecule has 0 saturated carbocycles. The maximum Gasteiger partial charge on any atom is 0.153 e. The minimum atomic E-state index is -2.99. The number of ether oxygens (including phenoxy) is 1. The number of sulfone groups is 1. The molecule has 1 N–H and O–H groups in total. The Balaban J connectivity index is 2.39. The van der Waals surface area contributed by atoms with Crippen LogP contribution in [0.2, 0.25) is 0 Å². The second-order valence-corrected chi connectivity index (χ2v) is 7.10. The van der Waals surface area contributed by atoms with Crippen molar-refractivity contribution >= 4 is 9.84 Å². The van der Waals surface area contributed by atoms with Crippen molar-refractivity contribution in [3.8, 4) is 5.75 Å². The Morgan fingerprint density at radius 2 is 2.06 bits per heavy atom. The summed E-state index contributed by atoms with van der Waals surface area (Å²) >= 11 is 0. The molecule has 2 rings (SSSR count). The Labute approximate surface area is 108 Å². The number of hydrogen-bond donors (Lipinski definition) is 1. The first-order valence-corrected chi connectivity index (χ1v) is 7.84. The van der Waals surface area contributed by atoms with Crippen LogP contribution in [-0.4, -0.2) is 33.1 Å². The molecule has 1 aliphatic rings. The number of methoxy groups -OCH3 is 1. The topological polar surface area (TPSA) is 55.4 Å². The average Bonchev–Trinajstić information content (AvgIpc) is 2.26. The Morgan fingerprint density at radius 3 is 2.67 bits per heavy atom. The molecule has 2 atom stereocenters. The Morgan fingerprint density at radius 1 is 1.33 bits per heavy atom. The van der Waals surface area contributed by atoms with Crippen molar-refractivity contribution in [3.63, 3.8) is 0 Å². The molecular formula is C13H19NO3S. The second kappa shape index (κ2) is 4.90. The summed E-state index contributed by atoms with van der Waals surface area (Å²) in [7, 11) is -1.38. The first-order chi connectivity index (χ1) is 8.41. The molecule has 0 radical (unpaired) electrons. The van der Waals surface area contributed by atoms with Gasteiger partial charge in [-0.25, -0.2) is 8.42 Å². The van der Waals surface area contributed by atoms with Crippen molar-refractivity contribution in [3.05, 3.63) is 29.3 Å². The fourth-order valence-corrected chi connectivity index (χ4v) is 4.23. The summed E-state index contributed by atoms with van der Waals surface area (Å²) in [6.07, 6.45) is 0. The fourth-order valence-electron chi connectivity index (χ4n) is 2.45. The van der Waals surface area contributed by atoms with Crippen molar-refractivity contribution in [1.29, 1.82) is 0 Å². The lowest BCUT2D eigenvalue weighted by Gasteiger charge is -2.30. The summed E-state index contributed by atoms with van der Waals surface area (Å²) in [5, 5.41) is 3.33. The molecular weight excluding hydrogens is 250 g/mol. The van der Waals surface area contributed by atoms with Crippen LogP contribution in [0, 0.1) is 6.92 Å². The van der Waals surface area contributed by atoms with Crippen LogP contribution in [0.3, 0.4) is 0 Å². The minimum Gasteiger partial charge on any atom is -0.496 e. The summed E-state index contributed by atoms with van der Waals surface area (Å²) in [6, 6.07) is 5.62. The maximum atomic E-state index is 11.8. The molecule has 2 unspecified atom stereocenters. The lowest BCUT2D eigenvalue weighted by Crippen LogP contribution is -2.45. The number of aryl methyl sites for hydroxylation is 1. The van der Waals surface area contributed by atoms with Crippen LogP contribution in [0.4, 0.5) is 0 Å². The van der Waals surface area contributed by atoms with Gasteiger partial charge in [-0.1, -0.05) is 17.7 Å². The SMILES string of the molecule is COc1ccc(C)cc1C1CS(=O)(=O)CC(C)N1. The second-order valence-electron chi connectivity index (χ2n) is 4.94. The first-order valence-electron chi connectivity index (χ1n) is 6.02. The van der Waals surface area contributed by atoms with Crippen molar-refractivity contribution in [2.45, 2.75) is 25.9 Å². The molecule has 0 aliphatic carbocycles. The molecule has 1 heterocycles. The van der Waals surface area contributed by atoms with Crippen molar-refractivity contribution in [2.75, 3.05) is 18.6 Å². The molecule has 100 valence electrons. The van der Waals surface area contributed by atoms with Gasteiger partial charge in [-0.3, -0.25) is 0 Å². The van der Waals surface area contributed by atoms with E-state index in [1.54, 1.807) is 7.11 Å². The summed E-state index contributed by atoms with van der Waals surface area (Å²) < 4.78 is 29.0. The number of hydrogen-bond acceptors (Lipinski definition) is 4. The number of nitrogens with one attached hydrogen (secondary N) is 1. The molecule has 1 aromatic rings. The molecule has 0 aromatic heterocycles. The molecule has 5 heteroatoms. The molecule has 1 aromatic carbocycles. The van der Waals surface area contributed by atoms with Gasteiger partial charge in [0.2, 0.25) is 0 Å². The van der Waals surface area contributed by atoms with Crippen molar-refractivity contribution in [2.24, 2.45) is 0 Å². The average molecular weight is 269 g/mol. The van der Waals surface area contributed by atoms with Gasteiger partial charge >= 0.3 is 0 Å². The van der Waals surface area contributed by atoms with Gasteiger partial charge in [0.05, 0.1) is 24.7 Å². The minimum absolute atomic E-state index is 0.0287. The van der Waals surface area contributed by atoms with Crippen LogP contribution in [0.25, 0.3) is 0 Å². The smallest absolute Gasteiger partial charge is 0.153 e. The zero-order valence-corrected chi connectivity index (χ0v) is 11.8. The van der Waals surface area contributed by atoms with E-state index >= 15 is 0 Å². The Bertz CT molecular complexity index is 539. The quantitative estimate of drug-likeness (QED) is 0.883. The van der Waals surface area contributed by atoms with Crippen LogP contribution in [0.1, 0.15) is 24.1 Å². The van der Waals surface area contributed by atoms with E-state index in [1.807, 2.05) is 32.0 Å². The zero-order chi connectivity index (χ0) is 13.3. The predicted molar refractivity (Wildman–Crippen MR) is 71.7 cm³/mol. The van der Waals surface area contributed by atoms with Crippen LogP contribution in [0.5, 0.6) is 5.75 Å². The molecule has 18 heavy (non-hydrogen) atoms. The monoisotopic (exact) mass is 269 g/mol. The van der Waals surface area contributed by atoms with Gasteiger partial charge in [-0.15, -0.1) is 0 Å². The van der Waals surface area contributed by atoms with E-state index in [0.717, 1.165) is 16.9 Å². The summed E-state index contributed by atoms with van der Waals surface area (Å²) in [4.78, 5) is 0. The molecule has 0 bridgehead atoms. The van der Waals surface area contributed by atoms with E-state index < -0.39 is 9.84 Å². The van der Waals surface area contributed by atoms with Gasteiger partial charge in [-0.05, 0) is 19.9 Å². The number of rotatable bonds is 2. The third kappa shape index (κ3) is 2.84. The predicted octanol–water partition coefficient (Wildman–Crippen LogP) is 1.45. The first kappa shape index (κ1) is 13.4. The van der Waals surface area contributed by atoms with E-state index in [0.29, 0.717) is 0 Å². The zero-order valence-electron chi connectivity index (χ0n) is 10.9. The van der Waals surface area contributed by atoms with E-state index in [4.69, 9.17) is 4.74 Å². The van der Waals surface area contributed by atoms with Gasteiger partial charge in [0.1, 0.15) is 5.75 Å². The number of benzene rings is 1. The fraction of sp³-hybridized carbons (Fsp3) is 0.538. The van der Waals surface area contributed by atoms with Crippen LogP contribution >= 0.6 is 0 Å². The molecule has 4 nitrogen and oxygen atoms in total. The maximum absolute atomic E-state index is 11.8. The van der Waals surface area contributed by atoms with E-state index in [2.05, 4.69) is 5.32 Å². The highest BCUT2D eigenvalue weighted by atomic mass is 32.2. The summed E-state index contributed by atoms with van der Waals surface area (Å²) in [5.41, 5.74) is 2.02. The van der Waals surface area contributed by atoms with Gasteiger partial charge in [-0.2, -0.15) is 0 Å². The van der Waals surface area contributed by atoms with Crippen LogP contribution in [0.15, 0.2) is 18.2 Å². The van der Waals surface area contributed by atoms with Gasteiger partial charge in [0.15, 0.2) is 9.84 Å². The lowest BCUT2D eigenvalue weighted by atomic mass is 10.0. The normalized spacial score (nSPS) is 26.8. The van der Waals surface area contributed by atoms with Gasteiger partial charge < -0.3 is 10.1 Å². The Hall–Kier alpha value is -1.07. The highest BCUT2D eigenvalue weighted by molar-refractivity contribution is 7.91. The van der Waals surface area contributed by atoms with Gasteiger partial charge in [0.25, 0.3) is 0 Å². The highest BCUT2D eigenvalue weighted by Gasteiger charge is 2.31. The van der Waals surface area contributed by atoms with Crippen molar-refractivity contribution < 1.29 is 13.2 Å². The molecule has 0 amide bonds. The molecule has 1 fully saturated rings.